The Labute approximate surface area is 115 Å². The molecule has 1 atom stereocenters. The summed E-state index contributed by atoms with van der Waals surface area (Å²) in [4.78, 5) is 4.65. The number of imidazole rings is 1. The summed E-state index contributed by atoms with van der Waals surface area (Å²) in [6.45, 7) is 0.885. The van der Waals surface area contributed by atoms with Crippen LogP contribution in [0, 0.1) is 0 Å². The van der Waals surface area contributed by atoms with Crippen LogP contribution in [0.3, 0.4) is 0 Å². The van der Waals surface area contributed by atoms with Gasteiger partial charge in [0.2, 0.25) is 0 Å². The van der Waals surface area contributed by atoms with Gasteiger partial charge in [-0.05, 0) is 34.3 Å². The fraction of sp³-hybridized carbons (Fsp3) is 0.357. The monoisotopic (exact) mass is 305 g/mol. The maximum Gasteiger partial charge on any atom is 0.127 e. The molecule has 3 nitrogen and oxygen atoms in total. The van der Waals surface area contributed by atoms with Crippen LogP contribution in [0.15, 0.2) is 34.9 Å². The fourth-order valence-corrected chi connectivity index (χ4v) is 3.14. The van der Waals surface area contributed by atoms with Crippen molar-refractivity contribution in [3.05, 3.63) is 52.0 Å². The minimum absolute atomic E-state index is 0.258. The number of fused-ring (bicyclic) bond motifs is 1. The molecule has 2 N–H and O–H groups in total. The lowest BCUT2D eigenvalue weighted by molar-refractivity contribution is 0.450. The predicted molar refractivity (Wildman–Crippen MR) is 75.5 cm³/mol. The fourth-order valence-electron chi connectivity index (χ4n) is 2.52. The Morgan fingerprint density at radius 3 is 2.89 bits per heavy atom. The lowest BCUT2D eigenvalue weighted by Gasteiger charge is -2.22. The highest BCUT2D eigenvalue weighted by Crippen LogP contribution is 2.25. The minimum Gasteiger partial charge on any atom is -0.329 e. The number of rotatable bonds is 2. The Hall–Kier alpha value is -1.13. The minimum atomic E-state index is 0.258. The van der Waals surface area contributed by atoms with Crippen molar-refractivity contribution in [2.45, 2.75) is 31.8 Å². The van der Waals surface area contributed by atoms with E-state index in [1.165, 1.54) is 11.3 Å². The van der Waals surface area contributed by atoms with Crippen LogP contribution in [0.4, 0.5) is 0 Å². The van der Waals surface area contributed by atoms with Gasteiger partial charge in [-0.2, -0.15) is 0 Å². The van der Waals surface area contributed by atoms with E-state index in [1.54, 1.807) is 0 Å². The Morgan fingerprint density at radius 1 is 1.33 bits per heavy atom. The van der Waals surface area contributed by atoms with Crippen LogP contribution in [-0.4, -0.2) is 15.6 Å². The Balaban J connectivity index is 1.93. The summed E-state index contributed by atoms with van der Waals surface area (Å²) in [6.07, 6.45) is 2.94. The Morgan fingerprint density at radius 2 is 2.11 bits per heavy atom. The maximum atomic E-state index is 6.06. The predicted octanol–water partition coefficient (Wildman–Crippen LogP) is 2.51. The van der Waals surface area contributed by atoms with Gasteiger partial charge in [-0.25, -0.2) is 4.98 Å². The van der Waals surface area contributed by atoms with Crippen LogP contribution in [0.2, 0.25) is 0 Å². The van der Waals surface area contributed by atoms with Crippen LogP contribution < -0.4 is 5.73 Å². The van der Waals surface area contributed by atoms with Crippen LogP contribution in [0.25, 0.3) is 0 Å². The highest BCUT2D eigenvalue weighted by atomic mass is 79.9. The summed E-state index contributed by atoms with van der Waals surface area (Å²) in [5.41, 5.74) is 8.64. The maximum absolute atomic E-state index is 6.06. The first kappa shape index (κ1) is 11.9. The molecule has 1 aromatic carbocycles. The number of hydrogen-bond donors (Lipinski definition) is 1. The number of hydrogen-bond acceptors (Lipinski definition) is 2. The van der Waals surface area contributed by atoms with E-state index in [4.69, 9.17) is 5.73 Å². The molecule has 1 aliphatic heterocycles. The van der Waals surface area contributed by atoms with Gasteiger partial charge < -0.3 is 10.3 Å². The lowest BCUT2D eigenvalue weighted by Crippen LogP contribution is -2.32. The molecule has 4 heteroatoms. The normalized spacial score (nSPS) is 18.7. The molecule has 2 aromatic rings. The molecule has 3 rings (SSSR count). The first-order chi connectivity index (χ1) is 8.74. The topological polar surface area (TPSA) is 43.8 Å². The van der Waals surface area contributed by atoms with Gasteiger partial charge in [0.25, 0.3) is 0 Å². The van der Waals surface area contributed by atoms with Crippen molar-refractivity contribution >= 4 is 15.9 Å². The molecule has 1 unspecified atom stereocenters. The molecule has 0 aliphatic carbocycles. The quantitative estimate of drug-likeness (QED) is 0.926. The molecule has 0 spiro atoms. The summed E-state index contributed by atoms with van der Waals surface area (Å²) in [6, 6.07) is 10.7. The standard InChI is InChI=1S/C14H16BrN3/c15-14-12-7-6-11(16)9-18(12)13(17-14)8-10-4-2-1-3-5-10/h1-5,11H,6-9,16H2. The van der Waals surface area contributed by atoms with E-state index in [-0.39, 0.29) is 6.04 Å². The molecule has 2 heterocycles. The molecule has 0 saturated carbocycles. The first-order valence-electron chi connectivity index (χ1n) is 6.27. The number of aromatic nitrogens is 2. The van der Waals surface area contributed by atoms with Gasteiger partial charge in [0.15, 0.2) is 0 Å². The van der Waals surface area contributed by atoms with Crippen LogP contribution in [-0.2, 0) is 19.4 Å². The van der Waals surface area contributed by atoms with Crippen LogP contribution >= 0.6 is 15.9 Å². The average Bonchev–Trinajstić information content (AvgIpc) is 2.67. The number of benzene rings is 1. The summed E-state index contributed by atoms with van der Waals surface area (Å²) < 4.78 is 3.27. The zero-order valence-electron chi connectivity index (χ0n) is 10.1. The molecular formula is C14H16BrN3. The molecule has 0 radical (unpaired) electrons. The molecule has 18 heavy (non-hydrogen) atoms. The summed E-state index contributed by atoms with van der Waals surface area (Å²) >= 11 is 3.56. The highest BCUT2D eigenvalue weighted by Gasteiger charge is 2.22. The number of nitrogens with two attached hydrogens (primary N) is 1. The molecular weight excluding hydrogens is 290 g/mol. The molecule has 0 saturated heterocycles. The smallest absolute Gasteiger partial charge is 0.127 e. The van der Waals surface area contributed by atoms with Crippen molar-refractivity contribution in [3.8, 4) is 0 Å². The van der Waals surface area contributed by atoms with Crippen molar-refractivity contribution < 1.29 is 0 Å². The molecule has 94 valence electrons. The molecule has 1 aromatic heterocycles. The van der Waals surface area contributed by atoms with Gasteiger partial charge in [-0.1, -0.05) is 30.3 Å². The van der Waals surface area contributed by atoms with Crippen molar-refractivity contribution in [1.82, 2.24) is 9.55 Å². The third-order valence-electron chi connectivity index (χ3n) is 3.48. The second-order valence-electron chi connectivity index (χ2n) is 4.84. The summed E-state index contributed by atoms with van der Waals surface area (Å²) in [5, 5.41) is 0. The Kier molecular flexibility index (Phi) is 3.22. The first-order valence-corrected chi connectivity index (χ1v) is 7.06. The number of halogens is 1. The van der Waals surface area contributed by atoms with Gasteiger partial charge in [0.1, 0.15) is 10.4 Å². The van der Waals surface area contributed by atoms with Crippen molar-refractivity contribution in [2.24, 2.45) is 5.73 Å². The second kappa shape index (κ2) is 4.86. The second-order valence-corrected chi connectivity index (χ2v) is 5.59. The van der Waals surface area contributed by atoms with E-state index in [1.807, 2.05) is 6.07 Å². The van der Waals surface area contributed by atoms with Gasteiger partial charge >= 0.3 is 0 Å². The van der Waals surface area contributed by atoms with E-state index in [0.29, 0.717) is 0 Å². The van der Waals surface area contributed by atoms with Crippen molar-refractivity contribution in [3.63, 3.8) is 0 Å². The van der Waals surface area contributed by atoms with Gasteiger partial charge in [0, 0.05) is 19.0 Å². The molecule has 0 amide bonds. The zero-order chi connectivity index (χ0) is 12.5. The van der Waals surface area contributed by atoms with Gasteiger partial charge in [-0.15, -0.1) is 0 Å². The van der Waals surface area contributed by atoms with E-state index in [2.05, 4.69) is 49.7 Å². The largest absolute Gasteiger partial charge is 0.329 e. The van der Waals surface area contributed by atoms with Crippen LogP contribution in [0.1, 0.15) is 23.5 Å². The van der Waals surface area contributed by atoms with E-state index in [9.17, 15) is 0 Å². The molecule has 1 aliphatic rings. The lowest BCUT2D eigenvalue weighted by atomic mass is 10.1. The van der Waals surface area contributed by atoms with Crippen LogP contribution in [0.5, 0.6) is 0 Å². The average molecular weight is 306 g/mol. The van der Waals surface area contributed by atoms with E-state index < -0.39 is 0 Å². The van der Waals surface area contributed by atoms with Gasteiger partial charge in [0.05, 0.1) is 5.69 Å². The third-order valence-corrected chi connectivity index (χ3v) is 4.11. The third kappa shape index (κ3) is 2.22. The van der Waals surface area contributed by atoms with E-state index >= 15 is 0 Å². The van der Waals surface area contributed by atoms with Gasteiger partial charge in [-0.3, -0.25) is 0 Å². The zero-order valence-corrected chi connectivity index (χ0v) is 11.7. The van der Waals surface area contributed by atoms with E-state index in [0.717, 1.165) is 36.2 Å². The summed E-state index contributed by atoms with van der Waals surface area (Å²) in [7, 11) is 0. The van der Waals surface area contributed by atoms with Crippen molar-refractivity contribution in [1.29, 1.82) is 0 Å². The highest BCUT2D eigenvalue weighted by molar-refractivity contribution is 9.10. The number of nitrogens with zero attached hydrogens (tertiary/aromatic N) is 2. The molecule has 0 bridgehead atoms. The SMILES string of the molecule is NC1CCc2c(Br)nc(Cc3ccccc3)n2C1. The molecule has 0 fully saturated rings. The summed E-state index contributed by atoms with van der Waals surface area (Å²) in [5.74, 6) is 1.11. The Bertz CT molecular complexity index is 548. The van der Waals surface area contributed by atoms with Crippen molar-refractivity contribution in [2.75, 3.05) is 0 Å².